The predicted molar refractivity (Wildman–Crippen MR) is 101 cm³/mol. The number of rotatable bonds is 7. The highest BCUT2D eigenvalue weighted by molar-refractivity contribution is 7.91. The Morgan fingerprint density at radius 2 is 2.12 bits per heavy atom. The van der Waals surface area contributed by atoms with Crippen molar-refractivity contribution in [3.8, 4) is 5.75 Å². The minimum Gasteiger partial charge on any atom is -0.493 e. The second-order valence-corrected chi connectivity index (χ2v) is 9.38. The van der Waals surface area contributed by atoms with Crippen LogP contribution in [-0.2, 0) is 14.8 Å². The Kier molecular flexibility index (Phi) is 5.95. The van der Waals surface area contributed by atoms with Gasteiger partial charge in [0.25, 0.3) is 10.0 Å². The fraction of sp³-hybridized carbons (Fsp3) is 0.389. The normalized spacial score (nSPS) is 16.8. The van der Waals surface area contributed by atoms with Crippen molar-refractivity contribution >= 4 is 27.3 Å². The molecule has 1 N–H and O–H groups in total. The van der Waals surface area contributed by atoms with Crippen LogP contribution in [0.25, 0.3) is 0 Å². The molecule has 26 heavy (non-hydrogen) atoms. The van der Waals surface area contributed by atoms with Crippen LogP contribution in [0.1, 0.15) is 30.9 Å². The van der Waals surface area contributed by atoms with E-state index in [1.54, 1.807) is 24.6 Å². The molecule has 0 bridgehead atoms. The zero-order chi connectivity index (χ0) is 18.6. The van der Waals surface area contributed by atoms with E-state index in [9.17, 15) is 13.2 Å². The molecule has 2 heterocycles. The van der Waals surface area contributed by atoms with E-state index in [2.05, 4.69) is 5.32 Å². The molecule has 6 nitrogen and oxygen atoms in total. The molecule has 0 spiro atoms. The summed E-state index contributed by atoms with van der Waals surface area (Å²) < 4.78 is 31.9. The molecule has 1 aromatic carbocycles. The van der Waals surface area contributed by atoms with Gasteiger partial charge in [0.2, 0.25) is 5.91 Å². The van der Waals surface area contributed by atoms with Gasteiger partial charge in [0.05, 0.1) is 12.6 Å². The van der Waals surface area contributed by atoms with E-state index in [0.29, 0.717) is 23.8 Å². The summed E-state index contributed by atoms with van der Waals surface area (Å²) in [4.78, 5) is 12.3. The number of benzene rings is 1. The van der Waals surface area contributed by atoms with Gasteiger partial charge in [-0.25, -0.2) is 12.7 Å². The third-order valence-corrected chi connectivity index (χ3v) is 7.56. The van der Waals surface area contributed by atoms with Crippen LogP contribution in [0.4, 0.5) is 0 Å². The highest BCUT2D eigenvalue weighted by Gasteiger charge is 2.24. The van der Waals surface area contributed by atoms with Gasteiger partial charge in [0.1, 0.15) is 9.96 Å². The Hall–Kier alpha value is -1.90. The maximum absolute atomic E-state index is 12.3. The summed E-state index contributed by atoms with van der Waals surface area (Å²) in [5.41, 5.74) is 0.990. The fourth-order valence-electron chi connectivity index (χ4n) is 2.90. The number of sulfonamides is 1. The van der Waals surface area contributed by atoms with Gasteiger partial charge >= 0.3 is 0 Å². The molecule has 0 saturated carbocycles. The van der Waals surface area contributed by atoms with Crippen LogP contribution in [-0.4, -0.2) is 38.8 Å². The summed E-state index contributed by atoms with van der Waals surface area (Å²) in [6.45, 7) is 0.877. The molecule has 0 unspecified atom stereocenters. The number of carbonyl (C=O) groups excluding carboxylic acids is 1. The van der Waals surface area contributed by atoms with Crippen molar-refractivity contribution in [1.82, 2.24) is 9.62 Å². The number of fused-ring (bicyclic) bond motifs is 1. The number of ether oxygens (including phenoxy) is 1. The van der Waals surface area contributed by atoms with Crippen molar-refractivity contribution < 1.29 is 17.9 Å². The zero-order valence-electron chi connectivity index (χ0n) is 14.6. The molecule has 3 rings (SSSR count). The first-order valence-electron chi connectivity index (χ1n) is 8.49. The van der Waals surface area contributed by atoms with Crippen molar-refractivity contribution in [3.05, 3.63) is 47.3 Å². The summed E-state index contributed by atoms with van der Waals surface area (Å²) in [6.07, 6.45) is 1.48. The van der Waals surface area contributed by atoms with E-state index in [0.717, 1.165) is 17.7 Å². The predicted octanol–water partition coefficient (Wildman–Crippen LogP) is 2.79. The first-order chi connectivity index (χ1) is 12.5. The van der Waals surface area contributed by atoms with Crippen molar-refractivity contribution in [1.29, 1.82) is 0 Å². The smallest absolute Gasteiger partial charge is 0.252 e. The minimum atomic E-state index is -3.46. The van der Waals surface area contributed by atoms with E-state index in [-0.39, 0.29) is 18.4 Å². The highest BCUT2D eigenvalue weighted by Crippen LogP contribution is 2.31. The van der Waals surface area contributed by atoms with E-state index in [4.69, 9.17) is 4.74 Å². The van der Waals surface area contributed by atoms with E-state index < -0.39 is 10.0 Å². The average Bonchev–Trinajstić information content (AvgIpc) is 3.17. The Balaban J connectivity index is 1.49. The maximum Gasteiger partial charge on any atom is 0.252 e. The van der Waals surface area contributed by atoms with Crippen LogP contribution < -0.4 is 10.1 Å². The molecule has 1 aliphatic rings. The topological polar surface area (TPSA) is 75.7 Å². The minimum absolute atomic E-state index is 0.0555. The molecule has 2 aromatic rings. The number of hydrogen-bond acceptors (Lipinski definition) is 5. The number of thiophene rings is 1. The lowest BCUT2D eigenvalue weighted by Crippen LogP contribution is -2.33. The van der Waals surface area contributed by atoms with Gasteiger partial charge in [-0.05, 0) is 23.9 Å². The molecule has 140 valence electrons. The van der Waals surface area contributed by atoms with Crippen molar-refractivity contribution in [2.45, 2.75) is 29.5 Å². The fourth-order valence-corrected chi connectivity index (χ4v) is 5.32. The number of nitrogens with zero attached hydrogens (tertiary/aromatic N) is 1. The van der Waals surface area contributed by atoms with Crippen LogP contribution in [0.2, 0.25) is 0 Å². The van der Waals surface area contributed by atoms with Gasteiger partial charge in [0, 0.05) is 32.0 Å². The molecule has 0 fully saturated rings. The van der Waals surface area contributed by atoms with Crippen LogP contribution in [0, 0.1) is 0 Å². The third kappa shape index (κ3) is 4.25. The second kappa shape index (κ2) is 8.20. The molecule has 1 aromatic heterocycles. The van der Waals surface area contributed by atoms with Gasteiger partial charge in [-0.2, -0.15) is 0 Å². The third-order valence-electron chi connectivity index (χ3n) is 4.33. The lowest BCUT2D eigenvalue weighted by Gasteiger charge is -2.26. The summed E-state index contributed by atoms with van der Waals surface area (Å²) in [5.74, 6) is 0.736. The lowest BCUT2D eigenvalue weighted by atomic mass is 10.0. The van der Waals surface area contributed by atoms with Crippen LogP contribution >= 0.6 is 11.3 Å². The van der Waals surface area contributed by atoms with Gasteiger partial charge in [-0.15, -0.1) is 11.3 Å². The average molecular weight is 395 g/mol. The SMILES string of the molecule is CN(CCCC(=O)N[C@H]1CCOc2ccccc21)S(=O)(=O)c1cccs1. The zero-order valence-corrected chi connectivity index (χ0v) is 16.2. The molecular formula is C18H22N2O4S2. The molecule has 0 saturated heterocycles. The van der Waals surface area contributed by atoms with Crippen molar-refractivity contribution in [2.24, 2.45) is 0 Å². The van der Waals surface area contributed by atoms with Crippen LogP contribution in [0.5, 0.6) is 5.75 Å². The van der Waals surface area contributed by atoms with Gasteiger partial charge in [-0.3, -0.25) is 4.79 Å². The number of hydrogen-bond donors (Lipinski definition) is 1. The summed E-state index contributed by atoms with van der Waals surface area (Å²) in [6, 6.07) is 10.9. The number of para-hydroxylation sites is 1. The molecule has 0 aliphatic carbocycles. The van der Waals surface area contributed by atoms with Gasteiger partial charge in [-0.1, -0.05) is 24.3 Å². The summed E-state index contributed by atoms with van der Waals surface area (Å²) in [7, 11) is -1.91. The molecule has 0 radical (unpaired) electrons. The van der Waals surface area contributed by atoms with Gasteiger partial charge in [0.15, 0.2) is 0 Å². The Morgan fingerprint density at radius 1 is 1.31 bits per heavy atom. The lowest BCUT2D eigenvalue weighted by molar-refractivity contribution is -0.122. The number of nitrogens with one attached hydrogen (secondary N) is 1. The first-order valence-corrected chi connectivity index (χ1v) is 10.8. The molecule has 1 amide bonds. The number of amides is 1. The molecule has 8 heteroatoms. The summed E-state index contributed by atoms with van der Waals surface area (Å²) in [5, 5.41) is 4.77. The second-order valence-electron chi connectivity index (χ2n) is 6.16. The Morgan fingerprint density at radius 3 is 2.88 bits per heavy atom. The van der Waals surface area contributed by atoms with Crippen LogP contribution in [0.3, 0.4) is 0 Å². The highest BCUT2D eigenvalue weighted by atomic mass is 32.2. The number of carbonyl (C=O) groups is 1. The van der Waals surface area contributed by atoms with Gasteiger partial charge < -0.3 is 10.1 Å². The largest absolute Gasteiger partial charge is 0.493 e. The first kappa shape index (κ1) is 18.9. The molecular weight excluding hydrogens is 372 g/mol. The van der Waals surface area contributed by atoms with Crippen LogP contribution in [0.15, 0.2) is 46.0 Å². The molecule has 1 aliphatic heterocycles. The summed E-state index contributed by atoms with van der Waals surface area (Å²) >= 11 is 1.19. The van der Waals surface area contributed by atoms with Crippen molar-refractivity contribution in [2.75, 3.05) is 20.2 Å². The molecule has 1 atom stereocenters. The standard InChI is InChI=1S/C18H22N2O4S2/c1-20(26(22,23)18-9-5-13-25-18)11-4-8-17(21)19-15-10-12-24-16-7-3-2-6-14(15)16/h2-3,5-7,9,13,15H,4,8,10-12H2,1H3,(H,19,21)/t15-/m0/s1. The van der Waals surface area contributed by atoms with E-state index >= 15 is 0 Å². The van der Waals surface area contributed by atoms with E-state index in [1.807, 2.05) is 24.3 Å². The van der Waals surface area contributed by atoms with Crippen molar-refractivity contribution in [3.63, 3.8) is 0 Å². The maximum atomic E-state index is 12.3. The Bertz CT molecular complexity index is 850. The monoisotopic (exact) mass is 394 g/mol. The Labute approximate surface area is 157 Å². The van der Waals surface area contributed by atoms with E-state index in [1.165, 1.54) is 15.6 Å². The quantitative estimate of drug-likeness (QED) is 0.784.